The highest BCUT2D eigenvalue weighted by Crippen LogP contribution is 2.08. The van der Waals surface area contributed by atoms with Crippen molar-refractivity contribution >= 4 is 22.6 Å². The van der Waals surface area contributed by atoms with E-state index in [2.05, 4.69) is 0 Å². The number of carbonyl (C=O) groups is 2. The van der Waals surface area contributed by atoms with Gasteiger partial charge in [-0.15, -0.1) is 0 Å². The van der Waals surface area contributed by atoms with Crippen molar-refractivity contribution in [3.63, 3.8) is 0 Å². The van der Waals surface area contributed by atoms with Gasteiger partial charge in [0.1, 0.15) is 10.5 Å². The van der Waals surface area contributed by atoms with Gasteiger partial charge in [-0.2, -0.15) is 0 Å². The molecule has 94 valence electrons. The van der Waals surface area contributed by atoms with Crippen molar-refractivity contribution in [3.05, 3.63) is 0 Å². The summed E-state index contributed by atoms with van der Waals surface area (Å²) < 4.78 is 11.7. The smallest absolute Gasteiger partial charge is 0.261 e. The fraction of sp³-hybridized carbons (Fsp3) is 0.750. The molecular formula is C8H16N2O5S. The molecule has 0 aliphatic rings. The predicted molar refractivity (Wildman–Crippen MR) is 56.2 cm³/mol. The second-order valence-corrected chi connectivity index (χ2v) is 5.41. The maximum absolute atomic E-state index is 11.7. The summed E-state index contributed by atoms with van der Waals surface area (Å²) in [5.41, 5.74) is 0. The summed E-state index contributed by atoms with van der Waals surface area (Å²) in [6.07, 6.45) is 0. The Kier molecular flexibility index (Phi) is 5.56. The molecule has 0 aliphatic heterocycles. The van der Waals surface area contributed by atoms with Gasteiger partial charge in [0.15, 0.2) is 0 Å². The minimum atomic E-state index is -1.81. The molecule has 0 radical (unpaired) electrons. The number of amides is 2. The van der Waals surface area contributed by atoms with Gasteiger partial charge in [-0.3, -0.25) is 24.2 Å². The molecule has 0 saturated heterocycles. The maximum atomic E-state index is 11.7. The summed E-state index contributed by atoms with van der Waals surface area (Å²) >= 11 is 0. The van der Waals surface area contributed by atoms with Gasteiger partial charge in [0.25, 0.3) is 11.8 Å². The average Bonchev–Trinajstić information content (AvgIpc) is 2.23. The van der Waals surface area contributed by atoms with E-state index in [-0.39, 0.29) is 0 Å². The Morgan fingerprint density at radius 1 is 1.00 bits per heavy atom. The number of hydrogen-bond donors (Lipinski definition) is 2. The Morgan fingerprint density at radius 3 is 1.44 bits per heavy atom. The molecule has 0 spiro atoms. The van der Waals surface area contributed by atoms with Gasteiger partial charge in [0.05, 0.1) is 0 Å². The van der Waals surface area contributed by atoms with Gasteiger partial charge in [0.2, 0.25) is 0 Å². The Balaban J connectivity index is 4.68. The normalized spacial score (nSPS) is 14.4. The van der Waals surface area contributed by atoms with E-state index in [4.69, 9.17) is 10.4 Å². The van der Waals surface area contributed by atoms with Gasteiger partial charge in [-0.1, -0.05) is 0 Å². The van der Waals surface area contributed by atoms with Crippen LogP contribution in [-0.2, 0) is 20.4 Å². The van der Waals surface area contributed by atoms with E-state index in [9.17, 15) is 13.8 Å². The lowest BCUT2D eigenvalue weighted by atomic mass is 10.4. The molecule has 0 fully saturated rings. The molecule has 0 heterocycles. The van der Waals surface area contributed by atoms with Crippen LogP contribution in [0.4, 0.5) is 0 Å². The highest BCUT2D eigenvalue weighted by atomic mass is 32.2. The van der Waals surface area contributed by atoms with Crippen LogP contribution in [0.1, 0.15) is 13.8 Å². The van der Waals surface area contributed by atoms with E-state index in [1.807, 2.05) is 0 Å². The third-order valence-electron chi connectivity index (χ3n) is 2.03. The van der Waals surface area contributed by atoms with Crippen molar-refractivity contribution in [2.75, 3.05) is 14.1 Å². The average molecular weight is 252 g/mol. The Hall–Kier alpha value is -0.990. The first kappa shape index (κ1) is 15.0. The van der Waals surface area contributed by atoms with E-state index < -0.39 is 33.1 Å². The van der Waals surface area contributed by atoms with Crippen LogP contribution in [0.5, 0.6) is 0 Å². The molecule has 0 saturated carbocycles. The molecule has 0 unspecified atom stereocenters. The Labute approximate surface area is 96.0 Å². The SMILES string of the molecule is C[C@@H](C(=O)N(C)O)S(=O)[C@@H](C)C(=O)N(C)O. The minimum Gasteiger partial charge on any atom is -0.286 e. The number of hydrogen-bond acceptors (Lipinski definition) is 5. The van der Waals surface area contributed by atoms with E-state index in [1.165, 1.54) is 13.8 Å². The number of carbonyl (C=O) groups excluding carboxylic acids is 2. The first-order valence-corrected chi connectivity index (χ1v) is 5.80. The van der Waals surface area contributed by atoms with E-state index in [1.54, 1.807) is 0 Å². The molecule has 16 heavy (non-hydrogen) atoms. The second kappa shape index (κ2) is 5.92. The summed E-state index contributed by atoms with van der Waals surface area (Å²) in [5.74, 6) is -1.50. The zero-order valence-electron chi connectivity index (χ0n) is 9.58. The first-order chi connectivity index (χ1) is 7.20. The number of nitrogens with zero attached hydrogens (tertiary/aromatic N) is 2. The van der Waals surface area contributed by atoms with Crippen LogP contribution < -0.4 is 0 Å². The lowest BCUT2D eigenvalue weighted by Crippen LogP contribution is -2.43. The van der Waals surface area contributed by atoms with Crippen LogP contribution in [0.15, 0.2) is 0 Å². The zero-order valence-corrected chi connectivity index (χ0v) is 10.4. The molecule has 7 nitrogen and oxygen atoms in total. The van der Waals surface area contributed by atoms with Gasteiger partial charge in [0, 0.05) is 24.9 Å². The van der Waals surface area contributed by atoms with Crippen molar-refractivity contribution in [2.45, 2.75) is 24.3 Å². The summed E-state index contributed by atoms with van der Waals surface area (Å²) in [7, 11) is 0.410. The highest BCUT2D eigenvalue weighted by molar-refractivity contribution is 7.87. The lowest BCUT2D eigenvalue weighted by molar-refractivity contribution is -0.158. The van der Waals surface area contributed by atoms with Crippen LogP contribution in [-0.4, -0.2) is 61.2 Å². The van der Waals surface area contributed by atoms with Crippen molar-refractivity contribution in [2.24, 2.45) is 0 Å². The third-order valence-corrected chi connectivity index (χ3v) is 3.83. The number of hydroxylamine groups is 4. The molecule has 2 amide bonds. The van der Waals surface area contributed by atoms with Gasteiger partial charge < -0.3 is 0 Å². The van der Waals surface area contributed by atoms with Crippen molar-refractivity contribution < 1.29 is 24.2 Å². The quantitative estimate of drug-likeness (QED) is 0.504. The van der Waals surface area contributed by atoms with Gasteiger partial charge in [-0.05, 0) is 13.8 Å². The Morgan fingerprint density at radius 2 is 1.25 bits per heavy atom. The van der Waals surface area contributed by atoms with E-state index in [0.29, 0.717) is 10.1 Å². The third kappa shape index (κ3) is 3.54. The molecule has 0 bridgehead atoms. The summed E-state index contributed by atoms with van der Waals surface area (Å²) in [6.45, 7) is 2.68. The van der Waals surface area contributed by atoms with Crippen LogP contribution in [0.2, 0.25) is 0 Å². The molecule has 0 aromatic rings. The largest absolute Gasteiger partial charge is 0.286 e. The molecule has 0 aliphatic carbocycles. The van der Waals surface area contributed by atoms with E-state index in [0.717, 1.165) is 14.1 Å². The van der Waals surface area contributed by atoms with Gasteiger partial charge in [-0.25, -0.2) is 10.1 Å². The maximum Gasteiger partial charge on any atom is 0.261 e. The van der Waals surface area contributed by atoms with Crippen LogP contribution in [0.3, 0.4) is 0 Å². The van der Waals surface area contributed by atoms with Gasteiger partial charge >= 0.3 is 0 Å². The molecule has 2 atom stereocenters. The summed E-state index contributed by atoms with van der Waals surface area (Å²) in [5, 5.41) is 16.4. The Bertz CT molecular complexity index is 277. The fourth-order valence-electron chi connectivity index (χ4n) is 1.03. The minimum absolute atomic E-state index is 0.322. The lowest BCUT2D eigenvalue weighted by Gasteiger charge is -2.19. The summed E-state index contributed by atoms with van der Waals surface area (Å²) in [6, 6.07) is 0. The van der Waals surface area contributed by atoms with Crippen LogP contribution >= 0.6 is 0 Å². The van der Waals surface area contributed by atoms with E-state index >= 15 is 0 Å². The molecular weight excluding hydrogens is 236 g/mol. The second-order valence-electron chi connectivity index (χ2n) is 3.34. The topological polar surface area (TPSA) is 98.2 Å². The van der Waals surface area contributed by atoms with Crippen molar-refractivity contribution in [1.29, 1.82) is 0 Å². The highest BCUT2D eigenvalue weighted by Gasteiger charge is 2.31. The molecule has 8 heteroatoms. The summed E-state index contributed by atoms with van der Waals surface area (Å²) in [4.78, 5) is 22.6. The van der Waals surface area contributed by atoms with Crippen molar-refractivity contribution in [1.82, 2.24) is 10.1 Å². The zero-order chi connectivity index (χ0) is 13.0. The molecule has 0 aromatic heterocycles. The standard InChI is InChI=1S/C8H16N2O5S/c1-5(7(11)9(3)13)16(15)6(2)8(12)10(4)14/h5-6,13-14H,1-4H3/t5-,6-/m0/s1. The molecule has 0 aromatic carbocycles. The number of rotatable bonds is 4. The van der Waals surface area contributed by atoms with Crippen LogP contribution in [0.25, 0.3) is 0 Å². The molecule has 0 rings (SSSR count). The van der Waals surface area contributed by atoms with Crippen LogP contribution in [0, 0.1) is 0 Å². The fourth-order valence-corrected chi connectivity index (χ4v) is 2.35. The monoisotopic (exact) mass is 252 g/mol. The predicted octanol–water partition coefficient (Wildman–Crippen LogP) is -0.793. The van der Waals surface area contributed by atoms with Crippen molar-refractivity contribution in [3.8, 4) is 0 Å². The first-order valence-electron chi connectivity index (χ1n) is 4.52. The molecule has 2 N–H and O–H groups in total.